The Labute approximate surface area is 185 Å². The summed E-state index contributed by atoms with van der Waals surface area (Å²) in [6.07, 6.45) is 0.982. The molecule has 0 amide bonds. The van der Waals surface area contributed by atoms with E-state index in [2.05, 4.69) is 115 Å². The highest BCUT2D eigenvalue weighted by Gasteiger charge is 2.45. The third-order valence-corrected chi connectivity index (χ3v) is 9.84. The Morgan fingerprint density at radius 2 is 0.931 bits per heavy atom. The molecular weight excluding hydrogens is 414 g/mol. The van der Waals surface area contributed by atoms with E-state index in [-0.39, 0.29) is 12.4 Å². The first-order valence-corrected chi connectivity index (χ1v) is 12.0. The van der Waals surface area contributed by atoms with Crippen molar-refractivity contribution >= 4 is 34.8 Å². The number of hydrogen-bond acceptors (Lipinski definition) is 0. The molecule has 0 N–H and O–H groups in total. The van der Waals surface area contributed by atoms with E-state index in [1.165, 1.54) is 27.0 Å². The fourth-order valence-corrected chi connectivity index (χ4v) is 8.25. The van der Waals surface area contributed by atoms with Crippen LogP contribution in [0, 0.1) is 0 Å². The van der Waals surface area contributed by atoms with Gasteiger partial charge < -0.3 is 12.4 Å². The first-order valence-electron chi connectivity index (χ1n) is 9.51. The summed E-state index contributed by atoms with van der Waals surface area (Å²) in [6.45, 7) is 0. The van der Waals surface area contributed by atoms with Crippen LogP contribution in [0.1, 0.15) is 11.1 Å². The van der Waals surface area contributed by atoms with Crippen molar-refractivity contribution < 1.29 is 12.4 Å². The zero-order chi connectivity index (χ0) is 19.2. The second-order valence-electron chi connectivity index (χ2n) is 6.93. The smallest absolute Gasteiger partial charge is 0.116 e. The Morgan fingerprint density at radius 1 is 0.517 bits per heavy atom. The summed E-state index contributed by atoms with van der Waals surface area (Å²) in [5.41, 5.74) is 2.51. The molecular formula is C26H23Cl2P. The highest BCUT2D eigenvalue weighted by Crippen LogP contribution is 2.58. The minimum absolute atomic E-state index is 0. The van der Waals surface area contributed by atoms with Crippen molar-refractivity contribution in [2.24, 2.45) is 0 Å². The fraction of sp³-hybridized carbons (Fsp3) is 0.0769. The number of benzene rings is 4. The van der Waals surface area contributed by atoms with Crippen molar-refractivity contribution in [1.82, 2.24) is 0 Å². The summed E-state index contributed by atoms with van der Waals surface area (Å²) in [4.78, 5) is 0. The second-order valence-corrected chi connectivity index (χ2v) is 10.7. The summed E-state index contributed by atoms with van der Waals surface area (Å²) in [7, 11) is -1.85. The van der Waals surface area contributed by atoms with Crippen LogP contribution in [0.5, 0.6) is 0 Å². The fourth-order valence-electron chi connectivity index (χ4n) is 3.85. The summed E-state index contributed by atoms with van der Waals surface area (Å²) in [5, 5.41) is 4.22. The second kappa shape index (κ2) is 10.1. The van der Waals surface area contributed by atoms with E-state index >= 15 is 0 Å². The highest BCUT2D eigenvalue weighted by molar-refractivity contribution is 7.95. The third kappa shape index (κ3) is 4.57. The van der Waals surface area contributed by atoms with Crippen molar-refractivity contribution in [3.05, 3.63) is 126 Å². The van der Waals surface area contributed by atoms with Gasteiger partial charge in [-0.05, 0) is 47.5 Å². The molecule has 0 aromatic heterocycles. The minimum atomic E-state index is -1.85. The maximum Gasteiger partial charge on any atom is 0.116 e. The summed E-state index contributed by atoms with van der Waals surface area (Å²) in [6, 6.07) is 41.7. The Kier molecular flexibility index (Phi) is 7.51. The van der Waals surface area contributed by atoms with Gasteiger partial charge in [0.1, 0.15) is 23.2 Å². The van der Waals surface area contributed by atoms with Crippen molar-refractivity contribution in [3.63, 3.8) is 0 Å². The van der Waals surface area contributed by atoms with Crippen LogP contribution in [0.3, 0.4) is 0 Å². The molecule has 4 aromatic rings. The zero-order valence-corrected chi connectivity index (χ0v) is 18.5. The van der Waals surface area contributed by atoms with Gasteiger partial charge in [0.15, 0.2) is 0 Å². The van der Waals surface area contributed by atoms with Crippen LogP contribution in [0.25, 0.3) is 0 Å². The summed E-state index contributed by atoms with van der Waals surface area (Å²) >= 11 is 6.13. The SMILES string of the molecule is ClCc1cccc(C[P+](c2ccccc2)(c2ccccc2)c2ccccc2)c1.[Cl-]. The molecule has 0 spiro atoms. The molecule has 0 radical (unpaired) electrons. The van der Waals surface area contributed by atoms with Crippen LogP contribution in [0.15, 0.2) is 115 Å². The number of hydrogen-bond donors (Lipinski definition) is 0. The average Bonchev–Trinajstić information content (AvgIpc) is 2.79. The lowest BCUT2D eigenvalue weighted by Crippen LogP contribution is -3.00. The zero-order valence-electron chi connectivity index (χ0n) is 16.1. The Morgan fingerprint density at radius 3 is 1.34 bits per heavy atom. The predicted molar refractivity (Wildman–Crippen MR) is 125 cm³/mol. The maximum atomic E-state index is 6.13. The predicted octanol–water partition coefficient (Wildman–Crippen LogP) is 2.92. The summed E-state index contributed by atoms with van der Waals surface area (Å²) < 4.78 is 0. The minimum Gasteiger partial charge on any atom is -1.00 e. The van der Waals surface area contributed by atoms with E-state index in [4.69, 9.17) is 11.6 Å². The van der Waals surface area contributed by atoms with Gasteiger partial charge in [-0.25, -0.2) is 0 Å². The number of alkyl halides is 1. The largest absolute Gasteiger partial charge is 1.00 e. The van der Waals surface area contributed by atoms with E-state index < -0.39 is 7.26 Å². The molecule has 3 heteroatoms. The Hall–Kier alpha value is -2.11. The van der Waals surface area contributed by atoms with Gasteiger partial charge in [0.2, 0.25) is 0 Å². The molecule has 0 heterocycles. The quantitative estimate of drug-likeness (QED) is 0.322. The first kappa shape index (κ1) is 21.6. The van der Waals surface area contributed by atoms with E-state index in [0.717, 1.165) is 6.16 Å². The summed E-state index contributed by atoms with van der Waals surface area (Å²) in [5.74, 6) is 0.543. The molecule has 0 bridgehead atoms. The van der Waals surface area contributed by atoms with Gasteiger partial charge in [-0.1, -0.05) is 78.9 Å². The average molecular weight is 437 g/mol. The number of rotatable bonds is 6. The Balaban J connectivity index is 0.00000240. The van der Waals surface area contributed by atoms with Crippen LogP contribution in [-0.2, 0) is 12.0 Å². The van der Waals surface area contributed by atoms with Crippen molar-refractivity contribution in [3.8, 4) is 0 Å². The van der Waals surface area contributed by atoms with Crippen molar-refractivity contribution in [1.29, 1.82) is 0 Å². The van der Waals surface area contributed by atoms with E-state index in [1.807, 2.05) is 0 Å². The number of halogens is 2. The van der Waals surface area contributed by atoms with Crippen LogP contribution in [0.4, 0.5) is 0 Å². The molecule has 0 aliphatic heterocycles. The van der Waals surface area contributed by atoms with Gasteiger partial charge in [-0.2, -0.15) is 0 Å². The van der Waals surface area contributed by atoms with Gasteiger partial charge in [0, 0.05) is 5.88 Å². The molecule has 0 unspecified atom stereocenters. The molecule has 29 heavy (non-hydrogen) atoms. The van der Waals surface area contributed by atoms with Gasteiger partial charge in [0.25, 0.3) is 0 Å². The van der Waals surface area contributed by atoms with E-state index in [9.17, 15) is 0 Å². The molecule has 4 rings (SSSR count). The molecule has 0 fully saturated rings. The van der Waals surface area contributed by atoms with Gasteiger partial charge >= 0.3 is 0 Å². The van der Waals surface area contributed by atoms with E-state index in [0.29, 0.717) is 5.88 Å². The third-order valence-electron chi connectivity index (χ3n) is 5.16. The molecule has 0 nitrogen and oxygen atoms in total. The van der Waals surface area contributed by atoms with Gasteiger partial charge in [-0.3, -0.25) is 0 Å². The van der Waals surface area contributed by atoms with Gasteiger partial charge in [-0.15, -0.1) is 11.6 Å². The van der Waals surface area contributed by atoms with Crippen LogP contribution in [0.2, 0.25) is 0 Å². The normalized spacial score (nSPS) is 10.9. The lowest BCUT2D eigenvalue weighted by Gasteiger charge is -2.28. The lowest BCUT2D eigenvalue weighted by molar-refractivity contribution is -0.00000540. The molecule has 0 atom stereocenters. The van der Waals surface area contributed by atoms with Crippen LogP contribution >= 0.6 is 18.9 Å². The van der Waals surface area contributed by atoms with Crippen LogP contribution < -0.4 is 28.3 Å². The first-order chi connectivity index (χ1) is 13.8. The van der Waals surface area contributed by atoms with Crippen molar-refractivity contribution in [2.75, 3.05) is 0 Å². The topological polar surface area (TPSA) is 0 Å². The standard InChI is InChI=1S/C26H23ClP.ClH/c27-20-22-11-10-12-23(19-22)21-28(24-13-4-1-5-14-24,25-15-6-2-7-16-25)26-17-8-3-9-18-26;/h1-19H,20-21H2;1H/q+1;/p-1. The molecule has 146 valence electrons. The Bertz CT molecular complexity index is 921. The van der Waals surface area contributed by atoms with Crippen LogP contribution in [-0.4, -0.2) is 0 Å². The van der Waals surface area contributed by atoms with Crippen molar-refractivity contribution in [2.45, 2.75) is 12.0 Å². The monoisotopic (exact) mass is 436 g/mol. The maximum absolute atomic E-state index is 6.13. The van der Waals surface area contributed by atoms with Gasteiger partial charge in [0.05, 0.1) is 6.16 Å². The molecule has 0 saturated heterocycles. The highest BCUT2D eigenvalue weighted by atomic mass is 35.5. The molecule has 0 aliphatic rings. The molecule has 0 saturated carbocycles. The molecule has 0 aliphatic carbocycles. The van der Waals surface area contributed by atoms with E-state index in [1.54, 1.807) is 0 Å². The lowest BCUT2D eigenvalue weighted by atomic mass is 10.2. The molecule has 4 aromatic carbocycles.